The number of rotatable bonds is 24. The van der Waals surface area contributed by atoms with Crippen molar-refractivity contribution in [2.24, 2.45) is 17.8 Å². The van der Waals surface area contributed by atoms with Crippen LogP contribution in [0.1, 0.15) is 198 Å². The third kappa shape index (κ3) is 18.7. The lowest BCUT2D eigenvalue weighted by atomic mass is 9.77. The summed E-state index contributed by atoms with van der Waals surface area (Å²) in [7, 11) is 3.32. The molecule has 3 heterocycles. The number of aliphatic hydroxyl groups is 5. The predicted molar refractivity (Wildman–Crippen MR) is 340 cm³/mol. The van der Waals surface area contributed by atoms with Crippen LogP contribution in [-0.4, -0.2) is 183 Å². The first-order chi connectivity index (χ1) is 41.0. The van der Waals surface area contributed by atoms with Crippen LogP contribution in [0, 0.1) is 17.8 Å². The SMILES string of the molecule is CC[C@H]1OC(=O)[C@H](C)[C@@H](O[C@H]2C[C@@](C)(OC)[C@@H](O)[C@H](C)O2)[C@H](C)[C@@H](O[C@@H]2O[C@H](C)C[C@H](N(C)C)[C@H]2O)[C@](C)(O)C[C@@H](C)CN(C(=O)CCCCCCCCCCCCC[P+](c2ccccc2)(c2ccccc2)C2CCC(F)(F)CC2)[C@H](C)[C@@H](O)[C@]1(C)O. The lowest BCUT2D eigenvalue weighted by Crippen LogP contribution is -2.60. The average Bonchev–Trinajstić information content (AvgIpc) is 2.28. The second-order valence-corrected chi connectivity index (χ2v) is 31.7. The number of carbonyl (C=O) groups is 2. The van der Waals surface area contributed by atoms with Gasteiger partial charge in [0.2, 0.25) is 11.8 Å². The molecule has 4 aliphatic rings. The molecule has 496 valence electrons. The quantitative estimate of drug-likeness (QED) is 0.0378. The van der Waals surface area contributed by atoms with E-state index in [-0.39, 0.29) is 68.8 Å². The molecule has 0 unspecified atom stereocenters. The fourth-order valence-corrected chi connectivity index (χ4v) is 20.4. The Morgan fingerprint density at radius 2 is 1.30 bits per heavy atom. The molecule has 18 atom stereocenters. The van der Waals surface area contributed by atoms with Crippen molar-refractivity contribution < 1.29 is 72.3 Å². The molecular weight excluding hydrogens is 1130 g/mol. The molecule has 15 nitrogen and oxygen atoms in total. The molecule has 2 aromatic carbocycles. The lowest BCUT2D eigenvalue weighted by Gasteiger charge is -2.48. The number of cyclic esters (lactones) is 1. The molecule has 3 aliphatic heterocycles. The summed E-state index contributed by atoms with van der Waals surface area (Å²) in [4.78, 5) is 32.8. The minimum Gasteiger partial charge on any atom is -0.459 e. The molecule has 3 saturated heterocycles. The van der Waals surface area contributed by atoms with Crippen LogP contribution in [0.3, 0.4) is 0 Å². The molecule has 0 spiro atoms. The smallest absolute Gasteiger partial charge is 0.311 e. The number of unbranched alkanes of at least 4 members (excludes halogenated alkanes) is 10. The predicted octanol–water partition coefficient (Wildman–Crippen LogP) is 10.7. The number of ether oxygens (including phenoxy) is 6. The van der Waals surface area contributed by atoms with Gasteiger partial charge < -0.3 is 63.8 Å². The number of likely N-dealkylation sites (N-methyl/N-ethyl adjacent to an activating group) is 1. The minimum atomic E-state index is -2.57. The van der Waals surface area contributed by atoms with Gasteiger partial charge in [-0.2, -0.15) is 0 Å². The van der Waals surface area contributed by atoms with Crippen LogP contribution in [0.2, 0.25) is 0 Å². The molecule has 2 aromatic rings. The highest BCUT2D eigenvalue weighted by Gasteiger charge is 2.55. The Kier molecular flexibility index (Phi) is 27.5. The normalized spacial score (nSPS) is 36.2. The first kappa shape index (κ1) is 73.3. The van der Waals surface area contributed by atoms with Crippen LogP contribution < -0.4 is 10.6 Å². The molecular formula is C69H114F2N2O13P+. The van der Waals surface area contributed by atoms with Crippen LogP contribution in [0.15, 0.2) is 60.7 Å². The van der Waals surface area contributed by atoms with E-state index in [1.165, 1.54) is 24.6 Å². The molecule has 4 fully saturated rings. The van der Waals surface area contributed by atoms with Gasteiger partial charge in [-0.25, -0.2) is 8.78 Å². The number of hydrogen-bond acceptors (Lipinski definition) is 14. The van der Waals surface area contributed by atoms with Gasteiger partial charge in [0.25, 0.3) is 0 Å². The summed E-state index contributed by atoms with van der Waals surface area (Å²) in [6.45, 7) is 17.3. The van der Waals surface area contributed by atoms with Crippen LogP contribution in [0.25, 0.3) is 0 Å². The molecule has 18 heteroatoms. The van der Waals surface area contributed by atoms with Gasteiger partial charge in [0.1, 0.15) is 30.0 Å². The number of hydrogen-bond donors (Lipinski definition) is 5. The van der Waals surface area contributed by atoms with E-state index >= 15 is 0 Å². The molecule has 1 aliphatic carbocycles. The van der Waals surface area contributed by atoms with Crippen molar-refractivity contribution in [2.45, 2.75) is 300 Å². The van der Waals surface area contributed by atoms with E-state index in [0.717, 1.165) is 70.4 Å². The molecule has 87 heavy (non-hydrogen) atoms. The van der Waals surface area contributed by atoms with E-state index in [1.54, 1.807) is 53.4 Å². The highest BCUT2D eigenvalue weighted by Crippen LogP contribution is 2.65. The summed E-state index contributed by atoms with van der Waals surface area (Å²) in [5.74, 6) is -5.90. The molecule has 0 bridgehead atoms. The van der Waals surface area contributed by atoms with Crippen molar-refractivity contribution in [2.75, 3.05) is 33.9 Å². The highest BCUT2D eigenvalue weighted by atomic mass is 31.2. The second kappa shape index (κ2) is 32.7. The first-order valence-corrected chi connectivity index (χ1v) is 35.3. The number of esters is 1. The number of benzene rings is 2. The summed E-state index contributed by atoms with van der Waals surface area (Å²) >= 11 is 0. The van der Waals surface area contributed by atoms with Crippen molar-refractivity contribution >= 4 is 29.7 Å². The Morgan fingerprint density at radius 1 is 0.759 bits per heavy atom. The van der Waals surface area contributed by atoms with Crippen molar-refractivity contribution in [1.29, 1.82) is 0 Å². The monoisotopic (exact) mass is 1250 g/mol. The number of halogens is 2. The van der Waals surface area contributed by atoms with Crippen molar-refractivity contribution in [3.8, 4) is 0 Å². The summed E-state index contributed by atoms with van der Waals surface area (Å²) in [6, 6.07) is 20.2. The lowest BCUT2D eigenvalue weighted by molar-refractivity contribution is -0.318. The Bertz CT molecular complexity index is 2330. The Balaban J connectivity index is 1.10. The largest absolute Gasteiger partial charge is 0.459 e. The summed E-state index contributed by atoms with van der Waals surface area (Å²) < 4.78 is 67.3. The summed E-state index contributed by atoms with van der Waals surface area (Å²) in [5, 5.41) is 63.2. The Labute approximate surface area is 521 Å². The third-order valence-electron chi connectivity index (χ3n) is 20.4. The van der Waals surface area contributed by atoms with Gasteiger partial charge in [-0.3, -0.25) is 9.59 Å². The fourth-order valence-electron chi connectivity index (χ4n) is 15.1. The van der Waals surface area contributed by atoms with E-state index in [2.05, 4.69) is 48.5 Å². The summed E-state index contributed by atoms with van der Waals surface area (Å²) in [5.41, 5.74) is -4.57. The maximum Gasteiger partial charge on any atom is 0.311 e. The number of aliphatic hydroxyl groups excluding tert-OH is 3. The average molecular weight is 1250 g/mol. The van der Waals surface area contributed by atoms with E-state index in [0.29, 0.717) is 25.7 Å². The van der Waals surface area contributed by atoms with Crippen LogP contribution in [0.5, 0.6) is 0 Å². The fraction of sp³-hybridized carbons (Fsp3) is 0.797. The van der Waals surface area contributed by atoms with E-state index in [4.69, 9.17) is 28.4 Å². The molecule has 0 aromatic heterocycles. The van der Waals surface area contributed by atoms with Crippen LogP contribution in [-0.2, 0) is 38.0 Å². The van der Waals surface area contributed by atoms with Crippen molar-refractivity contribution in [1.82, 2.24) is 9.80 Å². The zero-order chi connectivity index (χ0) is 64.1. The number of carbonyl (C=O) groups excluding carboxylic acids is 2. The maximum atomic E-state index is 14.7. The van der Waals surface area contributed by atoms with E-state index in [9.17, 15) is 43.9 Å². The third-order valence-corrected chi connectivity index (χ3v) is 25.6. The molecule has 6 rings (SSSR count). The topological polar surface area (TPSA) is 197 Å². The van der Waals surface area contributed by atoms with Gasteiger partial charge in [-0.15, -0.1) is 0 Å². The number of nitrogens with zero attached hydrogens (tertiary/aromatic N) is 2. The molecule has 1 saturated carbocycles. The molecule has 0 radical (unpaired) electrons. The van der Waals surface area contributed by atoms with Crippen LogP contribution in [0.4, 0.5) is 8.78 Å². The van der Waals surface area contributed by atoms with Gasteiger partial charge in [0.15, 0.2) is 12.6 Å². The standard InChI is InChI=1S/C69H114F2N2O13P/c1-14-56-68(10,80)61(76)50(6)73(57(74)36-30-22-20-18-16-15-17-19-21-23-31-41-87(52-32-26-24-27-33-52,53-34-28-25-29-35-53)54-37-39-69(70,71)40-38-54)45-46(2)43-66(8,79)63(86-65-59(75)55(72(11)12)42-47(3)82-65)48(4)60(49(5)64(78)84-56)85-58-44-67(9,81-13)62(77)51(7)83-58/h24-29,32-35,46-51,54-56,58-63,65,75-77,79-80H,14-23,30-31,36-45H2,1-13H3/q+1/t46-,47-,48+,49-,50-,51+,55+,56-,58+,59-,60+,61-,62+,63-,65+,66-,67-,68-/m1/s1. The number of methoxy groups -OCH3 is 1. The molecule has 5 N–H and O–H groups in total. The van der Waals surface area contributed by atoms with Gasteiger partial charge in [0.05, 0.1) is 77.3 Å². The van der Waals surface area contributed by atoms with Crippen molar-refractivity contribution in [3.63, 3.8) is 0 Å². The number of alkyl halides is 2. The van der Waals surface area contributed by atoms with Gasteiger partial charge in [-0.1, -0.05) is 109 Å². The minimum absolute atomic E-state index is 0.0280. The highest BCUT2D eigenvalue weighted by molar-refractivity contribution is 7.90. The Hall–Kier alpha value is -2.77. The second-order valence-electron chi connectivity index (χ2n) is 27.8. The van der Waals surface area contributed by atoms with Gasteiger partial charge >= 0.3 is 5.97 Å². The zero-order valence-corrected chi connectivity index (χ0v) is 56.1. The maximum absolute atomic E-state index is 14.7. The van der Waals surface area contributed by atoms with Gasteiger partial charge in [-0.05, 0) is 144 Å². The van der Waals surface area contributed by atoms with E-state index in [1.807, 2.05) is 45.0 Å². The zero-order valence-electron chi connectivity index (χ0n) is 55.2. The number of amides is 1. The molecule has 1 amide bonds. The van der Waals surface area contributed by atoms with Crippen molar-refractivity contribution in [3.05, 3.63) is 60.7 Å². The van der Waals surface area contributed by atoms with Crippen LogP contribution >= 0.6 is 7.26 Å². The van der Waals surface area contributed by atoms with E-state index < -0.39 is 115 Å². The van der Waals surface area contributed by atoms with Gasteiger partial charge in [0, 0.05) is 51.3 Å². The Morgan fingerprint density at radius 3 is 1.83 bits per heavy atom. The first-order valence-electron chi connectivity index (χ1n) is 33.2. The summed E-state index contributed by atoms with van der Waals surface area (Å²) in [6.07, 6.45) is 4.07.